The summed E-state index contributed by atoms with van der Waals surface area (Å²) < 4.78 is 5.43. The maximum Gasteiger partial charge on any atom is 0.152 e. The van der Waals surface area contributed by atoms with Crippen molar-refractivity contribution in [3.8, 4) is 0 Å². The van der Waals surface area contributed by atoms with Crippen LogP contribution in [0.2, 0.25) is 0 Å². The fourth-order valence-corrected chi connectivity index (χ4v) is 2.63. The molecule has 0 radical (unpaired) electrons. The third-order valence-electron chi connectivity index (χ3n) is 3.58. The Morgan fingerprint density at radius 1 is 1.30 bits per heavy atom. The van der Waals surface area contributed by atoms with Crippen LogP contribution in [0.15, 0.2) is 24.3 Å². The Kier molecular flexibility index (Phi) is 3.60. The van der Waals surface area contributed by atoms with Gasteiger partial charge in [-0.2, -0.15) is 0 Å². The normalized spacial score (nSPS) is 15.6. The maximum atomic E-state index is 6.42. The van der Waals surface area contributed by atoms with Crippen LogP contribution in [0.1, 0.15) is 6.92 Å². The van der Waals surface area contributed by atoms with E-state index in [2.05, 4.69) is 17.1 Å². The number of hydrogen-bond acceptors (Lipinski definition) is 5. The Balaban J connectivity index is 2.15. The summed E-state index contributed by atoms with van der Waals surface area (Å²) in [4.78, 5) is 6.99. The summed E-state index contributed by atoms with van der Waals surface area (Å²) >= 11 is 0. The zero-order chi connectivity index (χ0) is 13.9. The maximum absolute atomic E-state index is 6.42. The number of hydrogen-bond donors (Lipinski definition) is 2. The predicted molar refractivity (Wildman–Crippen MR) is 83.4 cm³/mol. The fraction of sp³-hybridized carbons (Fsp3) is 0.400. The van der Waals surface area contributed by atoms with Gasteiger partial charge in [-0.15, -0.1) is 0 Å². The van der Waals surface area contributed by atoms with Gasteiger partial charge in [0.05, 0.1) is 24.4 Å². The minimum Gasteiger partial charge on any atom is -0.396 e. The van der Waals surface area contributed by atoms with Crippen LogP contribution in [0.3, 0.4) is 0 Å². The minimum absolute atomic E-state index is 0.734. The first-order valence-corrected chi connectivity index (χ1v) is 7.06. The molecule has 0 spiro atoms. The van der Waals surface area contributed by atoms with Gasteiger partial charge in [-0.05, 0) is 13.0 Å². The van der Waals surface area contributed by atoms with Crippen LogP contribution >= 0.6 is 0 Å². The summed E-state index contributed by atoms with van der Waals surface area (Å²) in [6.07, 6.45) is 0. The molecule has 1 aromatic carbocycles. The van der Waals surface area contributed by atoms with E-state index in [0.29, 0.717) is 0 Å². The van der Waals surface area contributed by atoms with E-state index < -0.39 is 0 Å². The molecule has 2 heterocycles. The van der Waals surface area contributed by atoms with E-state index in [-0.39, 0.29) is 0 Å². The lowest BCUT2D eigenvalue weighted by Crippen LogP contribution is -2.37. The Labute approximate surface area is 118 Å². The van der Waals surface area contributed by atoms with Gasteiger partial charge >= 0.3 is 0 Å². The summed E-state index contributed by atoms with van der Waals surface area (Å²) in [5.41, 5.74) is 9.15. The number of rotatable bonds is 3. The van der Waals surface area contributed by atoms with E-state index in [1.807, 2.05) is 24.3 Å². The van der Waals surface area contributed by atoms with Crippen molar-refractivity contribution in [1.82, 2.24) is 4.98 Å². The van der Waals surface area contributed by atoms with Crippen molar-refractivity contribution in [2.75, 3.05) is 48.8 Å². The Morgan fingerprint density at radius 2 is 2.05 bits per heavy atom. The smallest absolute Gasteiger partial charge is 0.152 e. The number of benzene rings is 1. The van der Waals surface area contributed by atoms with Crippen LogP contribution in [0, 0.1) is 0 Å². The van der Waals surface area contributed by atoms with Gasteiger partial charge in [0.2, 0.25) is 0 Å². The molecular weight excluding hydrogens is 252 g/mol. The Hall–Kier alpha value is -2.01. The molecule has 3 rings (SSSR count). The minimum atomic E-state index is 0.734. The number of nitrogens with two attached hydrogens (primary N) is 1. The van der Waals surface area contributed by atoms with E-state index >= 15 is 0 Å². The number of para-hydroxylation sites is 1. The van der Waals surface area contributed by atoms with Crippen LogP contribution in [-0.4, -0.2) is 37.8 Å². The van der Waals surface area contributed by atoms with Gasteiger partial charge in [0.25, 0.3) is 0 Å². The standard InChI is InChI=1S/C15H20N4O/c1-2-17-15-14(19-7-9-20-10-8-19)13(16)11-5-3-4-6-12(11)18-15/h3-6H,2,7-10H2,1H3,(H3,16,17,18). The summed E-state index contributed by atoms with van der Waals surface area (Å²) in [7, 11) is 0. The molecule has 106 valence electrons. The molecule has 5 heteroatoms. The van der Waals surface area contributed by atoms with Gasteiger partial charge < -0.3 is 20.7 Å². The second-order valence-corrected chi connectivity index (χ2v) is 4.87. The molecule has 1 aromatic heterocycles. The number of ether oxygens (including phenoxy) is 1. The quantitative estimate of drug-likeness (QED) is 0.895. The summed E-state index contributed by atoms with van der Waals surface area (Å²) in [6.45, 7) is 6.05. The molecular formula is C15H20N4O. The number of pyridine rings is 1. The molecule has 0 saturated carbocycles. The average molecular weight is 272 g/mol. The second-order valence-electron chi connectivity index (χ2n) is 4.87. The van der Waals surface area contributed by atoms with Gasteiger partial charge in [0.1, 0.15) is 5.69 Å². The van der Waals surface area contributed by atoms with Crippen molar-refractivity contribution >= 4 is 28.1 Å². The third-order valence-corrected chi connectivity index (χ3v) is 3.58. The topological polar surface area (TPSA) is 63.4 Å². The lowest BCUT2D eigenvalue weighted by molar-refractivity contribution is 0.123. The molecule has 1 fully saturated rings. The molecule has 2 aromatic rings. The fourth-order valence-electron chi connectivity index (χ4n) is 2.63. The molecule has 1 aliphatic heterocycles. The number of fused-ring (bicyclic) bond motifs is 1. The SMILES string of the molecule is CCNc1nc2ccccc2c(N)c1N1CCOCC1. The number of anilines is 3. The molecule has 3 N–H and O–H groups in total. The van der Waals surface area contributed by atoms with Crippen LogP contribution in [-0.2, 0) is 4.74 Å². The largest absolute Gasteiger partial charge is 0.396 e. The van der Waals surface area contributed by atoms with Crippen LogP contribution in [0.5, 0.6) is 0 Å². The molecule has 0 aliphatic carbocycles. The van der Waals surface area contributed by atoms with E-state index in [1.54, 1.807) is 0 Å². The zero-order valence-corrected chi connectivity index (χ0v) is 11.7. The Bertz CT molecular complexity index is 608. The first-order valence-electron chi connectivity index (χ1n) is 7.06. The monoisotopic (exact) mass is 272 g/mol. The highest BCUT2D eigenvalue weighted by molar-refractivity contribution is 6.01. The first-order chi connectivity index (χ1) is 9.81. The molecule has 0 unspecified atom stereocenters. The Morgan fingerprint density at radius 3 is 2.80 bits per heavy atom. The number of nitrogens with zero attached hydrogens (tertiary/aromatic N) is 2. The van der Waals surface area contributed by atoms with Crippen molar-refractivity contribution in [3.05, 3.63) is 24.3 Å². The highest BCUT2D eigenvalue weighted by Crippen LogP contribution is 2.36. The molecule has 0 atom stereocenters. The average Bonchev–Trinajstić information content (AvgIpc) is 2.49. The molecule has 1 aliphatic rings. The first kappa shape index (κ1) is 13.0. The summed E-state index contributed by atoms with van der Waals surface area (Å²) in [5.74, 6) is 0.866. The van der Waals surface area contributed by atoms with Crippen molar-refractivity contribution < 1.29 is 4.74 Å². The molecule has 20 heavy (non-hydrogen) atoms. The highest BCUT2D eigenvalue weighted by Gasteiger charge is 2.20. The van der Waals surface area contributed by atoms with E-state index in [1.165, 1.54) is 0 Å². The third kappa shape index (κ3) is 2.25. The number of morpholine rings is 1. The van der Waals surface area contributed by atoms with Gasteiger partial charge in [-0.3, -0.25) is 0 Å². The molecule has 0 bridgehead atoms. The summed E-state index contributed by atoms with van der Waals surface area (Å²) in [5, 5.41) is 4.34. The van der Waals surface area contributed by atoms with E-state index in [9.17, 15) is 0 Å². The molecule has 5 nitrogen and oxygen atoms in total. The van der Waals surface area contributed by atoms with Gasteiger partial charge in [0, 0.05) is 25.0 Å². The zero-order valence-electron chi connectivity index (χ0n) is 11.7. The van der Waals surface area contributed by atoms with Gasteiger partial charge in [0.15, 0.2) is 5.82 Å². The van der Waals surface area contributed by atoms with Crippen molar-refractivity contribution in [2.24, 2.45) is 0 Å². The van der Waals surface area contributed by atoms with Crippen molar-refractivity contribution in [1.29, 1.82) is 0 Å². The number of aromatic nitrogens is 1. The highest BCUT2D eigenvalue weighted by atomic mass is 16.5. The summed E-state index contributed by atoms with van der Waals surface area (Å²) in [6, 6.07) is 8.00. The van der Waals surface area contributed by atoms with Gasteiger partial charge in [-0.25, -0.2) is 4.98 Å². The van der Waals surface area contributed by atoms with E-state index in [0.717, 1.165) is 60.9 Å². The number of nitrogens with one attached hydrogen (secondary N) is 1. The second kappa shape index (κ2) is 5.54. The van der Waals surface area contributed by atoms with Crippen LogP contribution < -0.4 is 16.0 Å². The van der Waals surface area contributed by atoms with Crippen LogP contribution in [0.25, 0.3) is 10.9 Å². The van der Waals surface area contributed by atoms with Crippen LogP contribution in [0.4, 0.5) is 17.2 Å². The van der Waals surface area contributed by atoms with Gasteiger partial charge in [-0.1, -0.05) is 18.2 Å². The van der Waals surface area contributed by atoms with Crippen molar-refractivity contribution in [3.63, 3.8) is 0 Å². The van der Waals surface area contributed by atoms with E-state index in [4.69, 9.17) is 15.5 Å². The number of nitrogen functional groups attached to an aromatic ring is 1. The molecule has 0 amide bonds. The predicted octanol–water partition coefficient (Wildman–Crippen LogP) is 2.09. The lowest BCUT2D eigenvalue weighted by Gasteiger charge is -2.31. The van der Waals surface area contributed by atoms with Crippen molar-refractivity contribution in [2.45, 2.75) is 6.92 Å². The molecule has 1 saturated heterocycles. The lowest BCUT2D eigenvalue weighted by atomic mass is 10.1.